The van der Waals surface area contributed by atoms with E-state index in [0.29, 0.717) is 6.54 Å². The van der Waals surface area contributed by atoms with Gasteiger partial charge in [-0.25, -0.2) is 0 Å². The number of hydrogen-bond donors (Lipinski definition) is 2. The molecule has 0 rings (SSSR count). The van der Waals surface area contributed by atoms with Crippen LogP contribution in [0.3, 0.4) is 0 Å². The zero-order chi connectivity index (χ0) is 9.40. The Morgan fingerprint density at radius 2 is 2.33 bits per heavy atom. The summed E-state index contributed by atoms with van der Waals surface area (Å²) in [5.74, 6) is 0.0474. The minimum Gasteiger partial charge on any atom is -0.352 e. The van der Waals surface area contributed by atoms with Crippen molar-refractivity contribution in [2.24, 2.45) is 0 Å². The summed E-state index contributed by atoms with van der Waals surface area (Å²) in [5.41, 5.74) is 0. The molecule has 0 fully saturated rings. The van der Waals surface area contributed by atoms with E-state index in [1.807, 2.05) is 13.8 Å². The standard InChI is InChI=1S/C9H18N2O/c1-4-6-8(3)11-9(12)7-10-5-2/h4,8,10H,1,5-7H2,2-3H3,(H,11,12). The largest absolute Gasteiger partial charge is 0.352 e. The van der Waals surface area contributed by atoms with Crippen molar-refractivity contribution in [2.75, 3.05) is 13.1 Å². The summed E-state index contributed by atoms with van der Waals surface area (Å²) in [7, 11) is 0. The summed E-state index contributed by atoms with van der Waals surface area (Å²) in [5, 5.41) is 5.80. The minimum atomic E-state index is 0.0474. The molecule has 3 heteroatoms. The molecule has 0 heterocycles. The van der Waals surface area contributed by atoms with Gasteiger partial charge in [0.2, 0.25) is 5.91 Å². The first-order valence-corrected chi connectivity index (χ1v) is 4.31. The van der Waals surface area contributed by atoms with Gasteiger partial charge in [-0.15, -0.1) is 6.58 Å². The second-order valence-electron chi connectivity index (χ2n) is 2.77. The summed E-state index contributed by atoms with van der Waals surface area (Å²) in [6.45, 7) is 8.76. The normalized spacial score (nSPS) is 12.2. The number of rotatable bonds is 6. The molecule has 1 amide bonds. The van der Waals surface area contributed by atoms with E-state index in [2.05, 4.69) is 17.2 Å². The van der Waals surface area contributed by atoms with Gasteiger partial charge in [0, 0.05) is 6.04 Å². The summed E-state index contributed by atoms with van der Waals surface area (Å²) in [6, 6.07) is 0.189. The molecule has 0 saturated heterocycles. The molecular weight excluding hydrogens is 152 g/mol. The molecule has 1 atom stereocenters. The van der Waals surface area contributed by atoms with Gasteiger partial charge >= 0.3 is 0 Å². The number of carbonyl (C=O) groups is 1. The van der Waals surface area contributed by atoms with Crippen LogP contribution in [0.15, 0.2) is 12.7 Å². The first kappa shape index (κ1) is 11.2. The van der Waals surface area contributed by atoms with E-state index in [4.69, 9.17) is 0 Å². The smallest absolute Gasteiger partial charge is 0.234 e. The van der Waals surface area contributed by atoms with Crippen molar-refractivity contribution in [2.45, 2.75) is 26.3 Å². The number of amides is 1. The zero-order valence-electron chi connectivity index (χ0n) is 7.89. The van der Waals surface area contributed by atoms with Gasteiger partial charge in [-0.05, 0) is 19.9 Å². The maximum Gasteiger partial charge on any atom is 0.234 e. The molecule has 0 aliphatic heterocycles. The lowest BCUT2D eigenvalue weighted by Gasteiger charge is -2.11. The summed E-state index contributed by atoms with van der Waals surface area (Å²) in [6.07, 6.45) is 2.62. The summed E-state index contributed by atoms with van der Waals surface area (Å²) >= 11 is 0. The van der Waals surface area contributed by atoms with E-state index in [1.165, 1.54) is 0 Å². The van der Waals surface area contributed by atoms with Crippen molar-refractivity contribution in [3.05, 3.63) is 12.7 Å². The fraction of sp³-hybridized carbons (Fsp3) is 0.667. The predicted octanol–water partition coefficient (Wildman–Crippen LogP) is 0.677. The van der Waals surface area contributed by atoms with Gasteiger partial charge < -0.3 is 10.6 Å². The number of hydrogen-bond acceptors (Lipinski definition) is 2. The Morgan fingerprint density at radius 3 is 2.83 bits per heavy atom. The van der Waals surface area contributed by atoms with Gasteiger partial charge in [0.15, 0.2) is 0 Å². The number of nitrogens with one attached hydrogen (secondary N) is 2. The van der Waals surface area contributed by atoms with Gasteiger partial charge in [0.1, 0.15) is 0 Å². The maximum atomic E-state index is 11.1. The average Bonchev–Trinajstić information content (AvgIpc) is 2.01. The molecule has 0 bridgehead atoms. The quantitative estimate of drug-likeness (QED) is 0.575. The molecule has 12 heavy (non-hydrogen) atoms. The number of likely N-dealkylation sites (N-methyl/N-ethyl adjacent to an activating group) is 1. The molecule has 0 radical (unpaired) electrons. The highest BCUT2D eigenvalue weighted by Gasteiger charge is 2.03. The van der Waals surface area contributed by atoms with E-state index in [1.54, 1.807) is 6.08 Å². The van der Waals surface area contributed by atoms with Crippen molar-refractivity contribution in [1.29, 1.82) is 0 Å². The van der Waals surface area contributed by atoms with Crippen LogP contribution in [0.25, 0.3) is 0 Å². The molecule has 0 aromatic heterocycles. The Kier molecular flexibility index (Phi) is 6.38. The van der Waals surface area contributed by atoms with E-state index in [9.17, 15) is 4.79 Å². The second-order valence-corrected chi connectivity index (χ2v) is 2.77. The third-order valence-corrected chi connectivity index (χ3v) is 1.46. The monoisotopic (exact) mass is 170 g/mol. The van der Waals surface area contributed by atoms with Crippen LogP contribution in [0.4, 0.5) is 0 Å². The molecule has 0 aliphatic carbocycles. The van der Waals surface area contributed by atoms with E-state index >= 15 is 0 Å². The summed E-state index contributed by atoms with van der Waals surface area (Å²) in [4.78, 5) is 11.1. The second kappa shape index (κ2) is 6.85. The van der Waals surface area contributed by atoms with Crippen LogP contribution < -0.4 is 10.6 Å². The fourth-order valence-corrected chi connectivity index (χ4v) is 0.873. The Labute approximate surface area is 74.2 Å². The molecule has 0 aromatic carbocycles. The van der Waals surface area contributed by atoms with Crippen molar-refractivity contribution in [3.63, 3.8) is 0 Å². The molecule has 0 saturated carbocycles. The Morgan fingerprint density at radius 1 is 1.67 bits per heavy atom. The van der Waals surface area contributed by atoms with Gasteiger partial charge in [-0.2, -0.15) is 0 Å². The van der Waals surface area contributed by atoms with E-state index in [-0.39, 0.29) is 11.9 Å². The zero-order valence-corrected chi connectivity index (χ0v) is 7.89. The van der Waals surface area contributed by atoms with Gasteiger partial charge in [-0.3, -0.25) is 4.79 Å². The Balaban J connectivity index is 3.46. The molecule has 3 nitrogen and oxygen atoms in total. The van der Waals surface area contributed by atoms with Gasteiger partial charge in [-0.1, -0.05) is 13.0 Å². The van der Waals surface area contributed by atoms with Crippen molar-refractivity contribution in [1.82, 2.24) is 10.6 Å². The third-order valence-electron chi connectivity index (χ3n) is 1.46. The molecule has 0 aliphatic rings. The van der Waals surface area contributed by atoms with Crippen LogP contribution in [0, 0.1) is 0 Å². The van der Waals surface area contributed by atoms with Crippen molar-refractivity contribution < 1.29 is 4.79 Å². The Hall–Kier alpha value is -0.830. The first-order valence-electron chi connectivity index (χ1n) is 4.31. The SMILES string of the molecule is C=CCC(C)NC(=O)CNCC. The fourth-order valence-electron chi connectivity index (χ4n) is 0.873. The predicted molar refractivity (Wildman–Crippen MR) is 51.0 cm³/mol. The average molecular weight is 170 g/mol. The molecule has 1 unspecified atom stereocenters. The highest BCUT2D eigenvalue weighted by atomic mass is 16.1. The molecule has 0 aromatic rings. The Bertz CT molecular complexity index is 145. The van der Waals surface area contributed by atoms with Crippen LogP contribution in [-0.2, 0) is 4.79 Å². The van der Waals surface area contributed by atoms with Crippen LogP contribution in [0.5, 0.6) is 0 Å². The lowest BCUT2D eigenvalue weighted by Crippen LogP contribution is -2.38. The third kappa shape index (κ3) is 5.92. The van der Waals surface area contributed by atoms with Crippen LogP contribution in [0.1, 0.15) is 20.3 Å². The highest BCUT2D eigenvalue weighted by molar-refractivity contribution is 5.78. The van der Waals surface area contributed by atoms with Crippen molar-refractivity contribution in [3.8, 4) is 0 Å². The summed E-state index contributed by atoms with van der Waals surface area (Å²) < 4.78 is 0. The molecule has 2 N–H and O–H groups in total. The lowest BCUT2D eigenvalue weighted by atomic mass is 10.2. The molecule has 70 valence electrons. The first-order chi connectivity index (χ1) is 5.70. The molecular formula is C9H18N2O. The minimum absolute atomic E-state index is 0.0474. The topological polar surface area (TPSA) is 41.1 Å². The van der Waals surface area contributed by atoms with Gasteiger partial charge in [0.05, 0.1) is 6.54 Å². The molecule has 0 spiro atoms. The van der Waals surface area contributed by atoms with Crippen LogP contribution in [0.2, 0.25) is 0 Å². The van der Waals surface area contributed by atoms with Crippen molar-refractivity contribution >= 4 is 5.91 Å². The van der Waals surface area contributed by atoms with E-state index < -0.39 is 0 Å². The maximum absolute atomic E-state index is 11.1. The highest BCUT2D eigenvalue weighted by Crippen LogP contribution is 1.89. The van der Waals surface area contributed by atoms with Gasteiger partial charge in [0.25, 0.3) is 0 Å². The van der Waals surface area contributed by atoms with Crippen LogP contribution >= 0.6 is 0 Å². The van der Waals surface area contributed by atoms with Crippen LogP contribution in [-0.4, -0.2) is 25.0 Å². The van der Waals surface area contributed by atoms with E-state index in [0.717, 1.165) is 13.0 Å². The lowest BCUT2D eigenvalue weighted by molar-refractivity contribution is -0.120. The number of carbonyl (C=O) groups excluding carboxylic acids is 1.